The van der Waals surface area contributed by atoms with Crippen LogP contribution in [0.3, 0.4) is 0 Å². The monoisotopic (exact) mass is 402 g/mol. The Morgan fingerprint density at radius 1 is 1.17 bits per heavy atom. The van der Waals surface area contributed by atoms with Crippen LogP contribution in [0.1, 0.15) is 38.3 Å². The fraction of sp³-hybridized carbons (Fsp3) is 0.435. The van der Waals surface area contributed by atoms with Crippen molar-refractivity contribution >= 4 is 6.09 Å². The van der Waals surface area contributed by atoms with Gasteiger partial charge in [0, 0.05) is 37.3 Å². The molecule has 1 aliphatic rings. The molecule has 1 atom stereocenters. The number of hydrogen-bond donors (Lipinski definition) is 0. The number of likely N-dealkylation sites (tertiary alicyclic amines) is 1. The molecule has 1 unspecified atom stereocenters. The molecule has 1 saturated heterocycles. The second kappa shape index (κ2) is 8.91. The number of amides is 1. The quantitative estimate of drug-likeness (QED) is 0.707. The molecule has 0 radical (unpaired) electrons. The number of rotatable bonds is 5. The van der Waals surface area contributed by atoms with Gasteiger partial charge in [-0.15, -0.1) is 0 Å². The number of carbonyl (C=O) groups is 1. The van der Waals surface area contributed by atoms with Gasteiger partial charge in [0.05, 0.1) is 6.54 Å². The topological polar surface area (TPSA) is 32.8 Å². The summed E-state index contributed by atoms with van der Waals surface area (Å²) in [4.78, 5) is 16.7. The third-order valence-electron chi connectivity index (χ3n) is 4.92. The fourth-order valence-corrected chi connectivity index (χ4v) is 3.55. The lowest BCUT2D eigenvalue weighted by Crippen LogP contribution is -2.44. The molecule has 29 heavy (non-hydrogen) atoms. The minimum absolute atomic E-state index is 0.0465. The van der Waals surface area contributed by atoms with Crippen molar-refractivity contribution in [2.24, 2.45) is 0 Å². The zero-order valence-corrected chi connectivity index (χ0v) is 17.2. The third kappa shape index (κ3) is 6.00. The Hall–Kier alpha value is -2.47. The van der Waals surface area contributed by atoms with Gasteiger partial charge in [0.15, 0.2) is 0 Å². The van der Waals surface area contributed by atoms with Crippen molar-refractivity contribution in [2.75, 3.05) is 13.1 Å². The summed E-state index contributed by atoms with van der Waals surface area (Å²) in [6.07, 6.45) is 0.294. The summed E-state index contributed by atoms with van der Waals surface area (Å²) in [6.45, 7) is 7.77. The summed E-state index contributed by atoms with van der Waals surface area (Å²) in [7, 11) is 0. The van der Waals surface area contributed by atoms with Crippen molar-refractivity contribution in [1.82, 2.24) is 9.80 Å². The smallest absolute Gasteiger partial charge is 0.410 e. The molecule has 0 spiro atoms. The normalized spacial score (nSPS) is 17.3. The highest BCUT2D eigenvalue weighted by molar-refractivity contribution is 5.68. The van der Waals surface area contributed by atoms with Gasteiger partial charge in [0.25, 0.3) is 0 Å². The minimum atomic E-state index is -0.655. The largest absolute Gasteiger partial charge is 0.444 e. The standard InChI is InChI=1S/C23H28F2N2O2/c1-23(2,3)29-22(28)27(15-18-9-10-19(24)13-21(18)25)20-11-12-26(16-20)14-17-7-5-4-6-8-17/h4-10,13,20H,11-12,14-16H2,1-3H3. The Morgan fingerprint density at radius 2 is 1.90 bits per heavy atom. The van der Waals surface area contributed by atoms with Crippen LogP contribution in [0.5, 0.6) is 0 Å². The Kier molecular flexibility index (Phi) is 6.52. The molecule has 156 valence electrons. The Balaban J connectivity index is 1.75. The van der Waals surface area contributed by atoms with E-state index in [4.69, 9.17) is 4.74 Å². The molecular formula is C23H28F2N2O2. The van der Waals surface area contributed by atoms with E-state index >= 15 is 0 Å². The number of benzene rings is 2. The van der Waals surface area contributed by atoms with Gasteiger partial charge in [-0.3, -0.25) is 9.80 Å². The van der Waals surface area contributed by atoms with Crippen molar-refractivity contribution in [3.8, 4) is 0 Å². The van der Waals surface area contributed by atoms with Crippen LogP contribution in [-0.2, 0) is 17.8 Å². The predicted molar refractivity (Wildman–Crippen MR) is 108 cm³/mol. The summed E-state index contributed by atoms with van der Waals surface area (Å²) in [5, 5.41) is 0. The van der Waals surface area contributed by atoms with E-state index in [0.29, 0.717) is 6.54 Å². The van der Waals surface area contributed by atoms with Crippen molar-refractivity contribution in [3.05, 3.63) is 71.3 Å². The fourth-order valence-electron chi connectivity index (χ4n) is 3.55. The first-order valence-corrected chi connectivity index (χ1v) is 9.91. The van der Waals surface area contributed by atoms with Crippen LogP contribution < -0.4 is 0 Å². The Morgan fingerprint density at radius 3 is 2.55 bits per heavy atom. The molecule has 6 heteroatoms. The maximum absolute atomic E-state index is 14.2. The number of halogens is 2. The molecule has 0 aliphatic carbocycles. The van der Waals surface area contributed by atoms with Crippen LogP contribution in [0.25, 0.3) is 0 Å². The van der Waals surface area contributed by atoms with Crippen molar-refractivity contribution < 1.29 is 18.3 Å². The van der Waals surface area contributed by atoms with Crippen LogP contribution in [-0.4, -0.2) is 40.6 Å². The molecule has 2 aromatic carbocycles. The zero-order valence-electron chi connectivity index (χ0n) is 17.2. The summed E-state index contributed by atoms with van der Waals surface area (Å²) < 4.78 is 33.1. The molecule has 4 nitrogen and oxygen atoms in total. The lowest BCUT2D eigenvalue weighted by atomic mass is 10.1. The Labute approximate surface area is 171 Å². The van der Waals surface area contributed by atoms with E-state index in [1.54, 1.807) is 25.7 Å². The second-order valence-electron chi connectivity index (χ2n) is 8.51. The molecule has 1 amide bonds. The predicted octanol–water partition coefficient (Wildman–Crippen LogP) is 4.98. The molecule has 0 N–H and O–H groups in total. The van der Waals surface area contributed by atoms with Gasteiger partial charge < -0.3 is 4.74 Å². The van der Waals surface area contributed by atoms with Gasteiger partial charge in [-0.2, -0.15) is 0 Å². The Bertz CT molecular complexity index is 837. The molecule has 0 saturated carbocycles. The van der Waals surface area contributed by atoms with Crippen molar-refractivity contribution in [1.29, 1.82) is 0 Å². The first-order chi connectivity index (χ1) is 13.7. The molecule has 0 aromatic heterocycles. The summed E-state index contributed by atoms with van der Waals surface area (Å²) in [6, 6.07) is 13.5. The zero-order chi connectivity index (χ0) is 21.0. The number of carbonyl (C=O) groups excluding carboxylic acids is 1. The maximum atomic E-state index is 14.2. The average molecular weight is 402 g/mol. The van der Waals surface area contributed by atoms with Gasteiger partial charge in [0.1, 0.15) is 17.2 Å². The molecule has 0 bridgehead atoms. The maximum Gasteiger partial charge on any atom is 0.410 e. The molecule has 3 rings (SSSR count). The summed E-state index contributed by atoms with van der Waals surface area (Å²) in [5.41, 5.74) is 0.833. The van der Waals surface area contributed by atoms with E-state index in [-0.39, 0.29) is 18.2 Å². The first-order valence-electron chi connectivity index (χ1n) is 9.91. The highest BCUT2D eigenvalue weighted by Gasteiger charge is 2.33. The van der Waals surface area contributed by atoms with E-state index in [2.05, 4.69) is 17.0 Å². The second-order valence-corrected chi connectivity index (χ2v) is 8.51. The van der Waals surface area contributed by atoms with E-state index in [1.807, 2.05) is 18.2 Å². The highest BCUT2D eigenvalue weighted by Crippen LogP contribution is 2.24. The first kappa shape index (κ1) is 21.2. The van der Waals surface area contributed by atoms with Gasteiger partial charge in [-0.1, -0.05) is 36.4 Å². The van der Waals surface area contributed by atoms with Crippen LogP contribution in [0.15, 0.2) is 48.5 Å². The van der Waals surface area contributed by atoms with E-state index in [0.717, 1.165) is 25.6 Å². The van der Waals surface area contributed by atoms with Gasteiger partial charge >= 0.3 is 6.09 Å². The average Bonchev–Trinajstić information content (AvgIpc) is 3.08. The van der Waals surface area contributed by atoms with Crippen molar-refractivity contribution in [3.63, 3.8) is 0 Å². The van der Waals surface area contributed by atoms with Crippen molar-refractivity contribution in [2.45, 2.75) is 51.9 Å². The van der Waals surface area contributed by atoms with Gasteiger partial charge in [-0.05, 0) is 38.8 Å². The van der Waals surface area contributed by atoms with Crippen LogP contribution >= 0.6 is 0 Å². The molecule has 1 aliphatic heterocycles. The highest BCUT2D eigenvalue weighted by atomic mass is 19.1. The molecule has 2 aromatic rings. The van der Waals surface area contributed by atoms with Crippen LogP contribution in [0, 0.1) is 11.6 Å². The number of hydrogen-bond acceptors (Lipinski definition) is 3. The van der Waals surface area contributed by atoms with Crippen LogP contribution in [0.2, 0.25) is 0 Å². The number of ether oxygens (including phenoxy) is 1. The molecule has 1 fully saturated rings. The lowest BCUT2D eigenvalue weighted by Gasteiger charge is -2.32. The summed E-state index contributed by atoms with van der Waals surface area (Å²) in [5.74, 6) is -1.29. The lowest BCUT2D eigenvalue weighted by molar-refractivity contribution is 0.0144. The van der Waals surface area contributed by atoms with Gasteiger partial charge in [-0.25, -0.2) is 13.6 Å². The van der Waals surface area contributed by atoms with Gasteiger partial charge in [0.2, 0.25) is 0 Å². The van der Waals surface area contributed by atoms with E-state index < -0.39 is 23.3 Å². The van der Waals surface area contributed by atoms with Crippen LogP contribution in [0.4, 0.5) is 13.6 Å². The van der Waals surface area contributed by atoms with E-state index in [1.165, 1.54) is 17.7 Å². The molecule has 1 heterocycles. The van der Waals surface area contributed by atoms with E-state index in [9.17, 15) is 13.6 Å². The summed E-state index contributed by atoms with van der Waals surface area (Å²) >= 11 is 0. The number of nitrogens with zero attached hydrogens (tertiary/aromatic N) is 2. The minimum Gasteiger partial charge on any atom is -0.444 e. The third-order valence-corrected chi connectivity index (χ3v) is 4.92. The molecular weight excluding hydrogens is 374 g/mol. The SMILES string of the molecule is CC(C)(C)OC(=O)N(Cc1ccc(F)cc1F)C1CCN(Cc2ccccc2)C1.